The van der Waals surface area contributed by atoms with Gasteiger partial charge in [-0.2, -0.15) is 0 Å². The third-order valence-corrected chi connectivity index (χ3v) is 5.25. The summed E-state index contributed by atoms with van der Waals surface area (Å²) in [6.07, 6.45) is 5.88. The molecule has 0 aromatic heterocycles. The first-order valence-corrected chi connectivity index (χ1v) is 7.48. The molecule has 3 rings (SSSR count). The molecule has 1 aliphatic carbocycles. The molecule has 0 aromatic rings. The van der Waals surface area contributed by atoms with Crippen molar-refractivity contribution in [3.8, 4) is 0 Å². The molecule has 0 N–H and O–H groups in total. The topological polar surface area (TPSA) is 29.5 Å². The van der Waals surface area contributed by atoms with Crippen molar-refractivity contribution in [1.29, 1.82) is 0 Å². The molecule has 0 spiro atoms. The molecule has 18 heavy (non-hydrogen) atoms. The normalized spacial score (nSPS) is 38.8. The number of ether oxygens (including phenoxy) is 1. The molecular formula is C15H25NO2. The molecule has 1 amide bonds. The molecule has 0 radical (unpaired) electrons. The van der Waals surface area contributed by atoms with Crippen LogP contribution >= 0.6 is 0 Å². The zero-order chi connectivity index (χ0) is 12.8. The van der Waals surface area contributed by atoms with Crippen LogP contribution in [0.2, 0.25) is 0 Å². The summed E-state index contributed by atoms with van der Waals surface area (Å²) in [6, 6.07) is 0.523. The van der Waals surface area contributed by atoms with E-state index in [9.17, 15) is 4.79 Å². The van der Waals surface area contributed by atoms with E-state index in [1.807, 2.05) is 0 Å². The SMILES string of the molecule is CC1(C)CN(C(=O)C2CCCOC2)C2CCCC21. The van der Waals surface area contributed by atoms with Crippen molar-refractivity contribution < 1.29 is 9.53 Å². The van der Waals surface area contributed by atoms with E-state index in [4.69, 9.17) is 4.74 Å². The molecule has 3 nitrogen and oxygen atoms in total. The van der Waals surface area contributed by atoms with Crippen LogP contribution in [0.5, 0.6) is 0 Å². The number of nitrogens with zero attached hydrogens (tertiary/aromatic N) is 1. The Balaban J connectivity index is 1.74. The highest BCUT2D eigenvalue weighted by Gasteiger charge is 2.51. The van der Waals surface area contributed by atoms with E-state index < -0.39 is 0 Å². The standard InChI is InChI=1S/C15H25NO2/c1-15(2)10-16(13-7-3-6-12(13)15)14(17)11-5-4-8-18-9-11/h11-13H,3-10H2,1-2H3. The van der Waals surface area contributed by atoms with Crippen molar-refractivity contribution in [1.82, 2.24) is 4.90 Å². The quantitative estimate of drug-likeness (QED) is 0.716. The van der Waals surface area contributed by atoms with E-state index in [2.05, 4.69) is 18.7 Å². The third kappa shape index (κ3) is 1.97. The van der Waals surface area contributed by atoms with Crippen molar-refractivity contribution in [2.75, 3.05) is 19.8 Å². The van der Waals surface area contributed by atoms with Gasteiger partial charge >= 0.3 is 0 Å². The highest BCUT2D eigenvalue weighted by molar-refractivity contribution is 5.80. The zero-order valence-corrected chi connectivity index (χ0v) is 11.7. The van der Waals surface area contributed by atoms with Crippen molar-refractivity contribution >= 4 is 5.91 Å². The van der Waals surface area contributed by atoms with Crippen LogP contribution in [0.3, 0.4) is 0 Å². The first kappa shape index (κ1) is 12.5. The van der Waals surface area contributed by atoms with Gasteiger partial charge in [0.25, 0.3) is 0 Å². The van der Waals surface area contributed by atoms with Gasteiger partial charge in [-0.3, -0.25) is 4.79 Å². The van der Waals surface area contributed by atoms with Crippen LogP contribution in [-0.4, -0.2) is 36.6 Å². The van der Waals surface area contributed by atoms with Gasteiger partial charge in [-0.25, -0.2) is 0 Å². The van der Waals surface area contributed by atoms with Crippen LogP contribution in [0, 0.1) is 17.3 Å². The van der Waals surface area contributed by atoms with E-state index in [-0.39, 0.29) is 5.92 Å². The summed E-state index contributed by atoms with van der Waals surface area (Å²) < 4.78 is 5.48. The van der Waals surface area contributed by atoms with E-state index in [1.165, 1.54) is 19.3 Å². The number of rotatable bonds is 1. The number of hydrogen-bond acceptors (Lipinski definition) is 2. The fourth-order valence-electron chi connectivity index (χ4n) is 4.31. The largest absolute Gasteiger partial charge is 0.381 e. The molecule has 3 aliphatic rings. The summed E-state index contributed by atoms with van der Waals surface area (Å²) in [7, 11) is 0. The maximum absolute atomic E-state index is 12.7. The van der Waals surface area contributed by atoms with Crippen molar-refractivity contribution in [2.24, 2.45) is 17.3 Å². The van der Waals surface area contributed by atoms with Gasteiger partial charge in [0.2, 0.25) is 5.91 Å². The Morgan fingerprint density at radius 1 is 1.22 bits per heavy atom. The van der Waals surface area contributed by atoms with Gasteiger partial charge in [0.15, 0.2) is 0 Å². The van der Waals surface area contributed by atoms with Gasteiger partial charge in [0.05, 0.1) is 12.5 Å². The molecule has 0 aromatic carbocycles. The fourth-order valence-corrected chi connectivity index (χ4v) is 4.31. The lowest BCUT2D eigenvalue weighted by atomic mass is 9.80. The highest BCUT2D eigenvalue weighted by Crippen LogP contribution is 2.49. The average molecular weight is 251 g/mol. The first-order chi connectivity index (χ1) is 8.59. The van der Waals surface area contributed by atoms with Gasteiger partial charge in [0, 0.05) is 19.2 Å². The first-order valence-electron chi connectivity index (χ1n) is 7.48. The molecule has 0 bridgehead atoms. The second-order valence-corrected chi connectivity index (χ2v) is 6.97. The van der Waals surface area contributed by atoms with Gasteiger partial charge < -0.3 is 9.64 Å². The molecule has 2 aliphatic heterocycles. The Hall–Kier alpha value is -0.570. The monoisotopic (exact) mass is 251 g/mol. The number of hydrogen-bond donors (Lipinski definition) is 0. The Kier molecular flexibility index (Phi) is 3.13. The summed E-state index contributed by atoms with van der Waals surface area (Å²) in [5, 5.41) is 0. The number of fused-ring (bicyclic) bond motifs is 1. The zero-order valence-electron chi connectivity index (χ0n) is 11.7. The van der Waals surface area contributed by atoms with Crippen LogP contribution in [-0.2, 0) is 9.53 Å². The van der Waals surface area contributed by atoms with E-state index in [0.717, 1.165) is 31.9 Å². The van der Waals surface area contributed by atoms with E-state index in [1.54, 1.807) is 0 Å². The molecule has 102 valence electrons. The molecule has 2 saturated heterocycles. The van der Waals surface area contributed by atoms with Crippen molar-refractivity contribution in [3.05, 3.63) is 0 Å². The van der Waals surface area contributed by atoms with Crippen molar-refractivity contribution in [2.45, 2.75) is 52.0 Å². The minimum absolute atomic E-state index is 0.133. The smallest absolute Gasteiger partial charge is 0.228 e. The Morgan fingerprint density at radius 2 is 2.06 bits per heavy atom. The predicted molar refractivity (Wildman–Crippen MR) is 70.2 cm³/mol. The third-order valence-electron chi connectivity index (χ3n) is 5.25. The fraction of sp³-hybridized carbons (Fsp3) is 0.933. The predicted octanol–water partition coefficient (Wildman–Crippen LogP) is 2.45. The molecule has 3 atom stereocenters. The maximum atomic E-state index is 12.7. The summed E-state index contributed by atoms with van der Waals surface area (Å²) in [5.41, 5.74) is 0.312. The van der Waals surface area contributed by atoms with E-state index >= 15 is 0 Å². The lowest BCUT2D eigenvalue weighted by Gasteiger charge is -2.30. The summed E-state index contributed by atoms with van der Waals surface area (Å²) >= 11 is 0. The minimum Gasteiger partial charge on any atom is -0.381 e. The van der Waals surface area contributed by atoms with Gasteiger partial charge in [-0.05, 0) is 37.0 Å². The van der Waals surface area contributed by atoms with Crippen LogP contribution in [0.15, 0.2) is 0 Å². The van der Waals surface area contributed by atoms with E-state index in [0.29, 0.717) is 24.0 Å². The molecular weight excluding hydrogens is 226 g/mol. The second kappa shape index (κ2) is 4.52. The number of carbonyl (C=O) groups excluding carboxylic acids is 1. The number of likely N-dealkylation sites (tertiary alicyclic amines) is 1. The molecule has 3 unspecified atom stereocenters. The second-order valence-electron chi connectivity index (χ2n) is 6.97. The summed E-state index contributed by atoms with van der Waals surface area (Å²) in [4.78, 5) is 14.9. The number of carbonyl (C=O) groups is 1. The molecule has 2 heterocycles. The lowest BCUT2D eigenvalue weighted by Crippen LogP contribution is -2.42. The van der Waals surface area contributed by atoms with Crippen LogP contribution in [0.4, 0.5) is 0 Å². The van der Waals surface area contributed by atoms with Gasteiger partial charge in [0.1, 0.15) is 0 Å². The Labute approximate surface area is 110 Å². The highest BCUT2D eigenvalue weighted by atomic mass is 16.5. The Bertz CT molecular complexity index is 333. The average Bonchev–Trinajstić information content (AvgIpc) is 2.93. The summed E-state index contributed by atoms with van der Waals surface area (Å²) in [6.45, 7) is 7.10. The Morgan fingerprint density at radius 3 is 2.78 bits per heavy atom. The number of amides is 1. The van der Waals surface area contributed by atoms with Crippen LogP contribution < -0.4 is 0 Å². The lowest BCUT2D eigenvalue weighted by molar-refractivity contribution is -0.141. The van der Waals surface area contributed by atoms with Crippen LogP contribution in [0.1, 0.15) is 46.0 Å². The minimum atomic E-state index is 0.133. The van der Waals surface area contributed by atoms with Crippen molar-refractivity contribution in [3.63, 3.8) is 0 Å². The summed E-state index contributed by atoms with van der Waals surface area (Å²) in [5.74, 6) is 1.23. The van der Waals surface area contributed by atoms with Gasteiger partial charge in [-0.1, -0.05) is 20.3 Å². The van der Waals surface area contributed by atoms with Crippen LogP contribution in [0.25, 0.3) is 0 Å². The molecule has 3 fully saturated rings. The van der Waals surface area contributed by atoms with Gasteiger partial charge in [-0.15, -0.1) is 0 Å². The molecule has 3 heteroatoms. The maximum Gasteiger partial charge on any atom is 0.228 e. The molecule has 1 saturated carbocycles.